The fourth-order valence-electron chi connectivity index (χ4n) is 1.85. The maximum absolute atomic E-state index is 13.3. The van der Waals surface area contributed by atoms with Crippen molar-refractivity contribution in [3.63, 3.8) is 0 Å². The van der Waals surface area contributed by atoms with Gasteiger partial charge >= 0.3 is 0 Å². The molecule has 2 rings (SSSR count). The quantitative estimate of drug-likeness (QED) is 0.894. The number of halogens is 3. The van der Waals surface area contributed by atoms with Crippen LogP contribution in [-0.2, 0) is 6.54 Å². The van der Waals surface area contributed by atoms with Gasteiger partial charge in [-0.15, -0.1) is 0 Å². The van der Waals surface area contributed by atoms with Crippen LogP contribution in [0.1, 0.15) is 16.7 Å². The zero-order valence-corrected chi connectivity index (χ0v) is 12.3. The van der Waals surface area contributed by atoms with E-state index in [1.807, 2.05) is 6.07 Å². The minimum atomic E-state index is -0.446. The number of benzene rings is 2. The Bertz CT molecular complexity index is 693. The van der Waals surface area contributed by atoms with Crippen molar-refractivity contribution in [1.29, 1.82) is 5.26 Å². The third-order valence-electron chi connectivity index (χ3n) is 2.84. The monoisotopic (exact) mass is 336 g/mol. The van der Waals surface area contributed by atoms with Crippen molar-refractivity contribution in [1.82, 2.24) is 0 Å². The number of nitriles is 1. The number of nitrogens with zero attached hydrogens (tertiary/aromatic N) is 1. The summed E-state index contributed by atoms with van der Waals surface area (Å²) in [6, 6.07) is 9.12. The van der Waals surface area contributed by atoms with Gasteiger partial charge in [0.1, 0.15) is 11.6 Å². The summed E-state index contributed by atoms with van der Waals surface area (Å²) in [5.41, 5.74) is 2.43. The van der Waals surface area contributed by atoms with Gasteiger partial charge in [0.2, 0.25) is 0 Å². The maximum atomic E-state index is 13.3. The first-order chi connectivity index (χ1) is 9.49. The first-order valence-corrected chi connectivity index (χ1v) is 6.68. The van der Waals surface area contributed by atoms with Crippen molar-refractivity contribution in [2.24, 2.45) is 0 Å². The highest BCUT2D eigenvalue weighted by Gasteiger charge is 2.06. The molecule has 0 amide bonds. The molecule has 20 heavy (non-hydrogen) atoms. The van der Waals surface area contributed by atoms with Crippen molar-refractivity contribution < 1.29 is 8.78 Å². The summed E-state index contributed by atoms with van der Waals surface area (Å²) in [5.74, 6) is -0.775. The van der Waals surface area contributed by atoms with Gasteiger partial charge in [-0.25, -0.2) is 8.78 Å². The van der Waals surface area contributed by atoms with Gasteiger partial charge < -0.3 is 5.32 Å². The van der Waals surface area contributed by atoms with Crippen LogP contribution in [0.25, 0.3) is 0 Å². The van der Waals surface area contributed by atoms with Gasteiger partial charge in [0.25, 0.3) is 0 Å². The second-order valence-corrected chi connectivity index (χ2v) is 5.25. The van der Waals surface area contributed by atoms with E-state index in [1.165, 1.54) is 18.2 Å². The first-order valence-electron chi connectivity index (χ1n) is 5.88. The summed E-state index contributed by atoms with van der Waals surface area (Å²) in [7, 11) is 0. The van der Waals surface area contributed by atoms with E-state index in [-0.39, 0.29) is 11.4 Å². The number of aryl methyl sites for hydroxylation is 1. The van der Waals surface area contributed by atoms with E-state index in [2.05, 4.69) is 21.2 Å². The molecule has 2 aromatic carbocycles. The van der Waals surface area contributed by atoms with Crippen molar-refractivity contribution in [2.45, 2.75) is 13.5 Å². The lowest BCUT2D eigenvalue weighted by atomic mass is 10.1. The first kappa shape index (κ1) is 14.5. The molecule has 0 heterocycles. The van der Waals surface area contributed by atoms with Crippen LogP contribution >= 0.6 is 15.9 Å². The molecule has 5 heteroatoms. The third-order valence-corrected chi connectivity index (χ3v) is 3.44. The summed E-state index contributed by atoms with van der Waals surface area (Å²) in [5, 5.41) is 11.9. The molecule has 2 nitrogen and oxygen atoms in total. The van der Waals surface area contributed by atoms with E-state index in [9.17, 15) is 8.78 Å². The third kappa shape index (κ3) is 3.34. The highest BCUT2D eigenvalue weighted by molar-refractivity contribution is 9.10. The Morgan fingerprint density at radius 1 is 1.20 bits per heavy atom. The molecule has 0 saturated heterocycles. The average molecular weight is 337 g/mol. The van der Waals surface area contributed by atoms with Crippen LogP contribution < -0.4 is 5.32 Å². The predicted octanol–water partition coefficient (Wildman–Crippen LogP) is 4.52. The van der Waals surface area contributed by atoms with Gasteiger partial charge in [0.05, 0.1) is 16.1 Å². The van der Waals surface area contributed by atoms with Crippen LogP contribution in [-0.4, -0.2) is 0 Å². The van der Waals surface area contributed by atoms with Crippen molar-refractivity contribution in [3.05, 3.63) is 63.1 Å². The molecule has 0 saturated carbocycles. The van der Waals surface area contributed by atoms with Crippen molar-refractivity contribution in [3.8, 4) is 6.07 Å². The molecule has 0 fully saturated rings. The zero-order valence-electron chi connectivity index (χ0n) is 10.7. The maximum Gasteiger partial charge on any atom is 0.137 e. The van der Waals surface area contributed by atoms with Crippen LogP contribution in [0.2, 0.25) is 0 Å². The Kier molecular flexibility index (Phi) is 4.35. The van der Waals surface area contributed by atoms with E-state index >= 15 is 0 Å². The lowest BCUT2D eigenvalue weighted by molar-refractivity contribution is 0.620. The molecule has 0 aliphatic heterocycles. The minimum Gasteiger partial charge on any atom is -0.381 e. The Labute approximate surface area is 124 Å². The molecule has 0 bridgehead atoms. The minimum absolute atomic E-state index is 0.277. The van der Waals surface area contributed by atoms with E-state index in [4.69, 9.17) is 5.26 Å². The summed E-state index contributed by atoms with van der Waals surface area (Å²) in [4.78, 5) is 0. The van der Waals surface area contributed by atoms with Crippen LogP contribution in [0.3, 0.4) is 0 Å². The number of hydrogen-bond donors (Lipinski definition) is 1. The fraction of sp³-hybridized carbons (Fsp3) is 0.133. The fourth-order valence-corrected chi connectivity index (χ4v) is 2.19. The van der Waals surface area contributed by atoms with E-state index in [1.54, 1.807) is 19.1 Å². The summed E-state index contributed by atoms with van der Waals surface area (Å²) in [6.45, 7) is 2.13. The van der Waals surface area contributed by atoms with E-state index < -0.39 is 5.82 Å². The molecular formula is C15H11BrF2N2. The average Bonchev–Trinajstić information content (AvgIpc) is 2.40. The SMILES string of the molecule is Cc1cc(F)c(Br)cc1NCc1cc(F)cc(C#N)c1. The van der Waals surface area contributed by atoms with Gasteiger partial charge in [-0.3, -0.25) is 0 Å². The topological polar surface area (TPSA) is 35.8 Å². The lowest BCUT2D eigenvalue weighted by Gasteiger charge is -2.11. The molecule has 0 aliphatic carbocycles. The Morgan fingerprint density at radius 3 is 2.65 bits per heavy atom. The van der Waals surface area contributed by atoms with Gasteiger partial charge in [-0.2, -0.15) is 5.26 Å². The molecule has 0 spiro atoms. The van der Waals surface area contributed by atoms with Crippen molar-refractivity contribution >= 4 is 21.6 Å². The smallest absolute Gasteiger partial charge is 0.137 e. The normalized spacial score (nSPS) is 10.2. The summed E-state index contributed by atoms with van der Waals surface area (Å²) < 4.78 is 27.0. The number of anilines is 1. The van der Waals surface area contributed by atoms with Gasteiger partial charge in [0, 0.05) is 12.2 Å². The largest absolute Gasteiger partial charge is 0.381 e. The van der Waals surface area contributed by atoms with Gasteiger partial charge in [0.15, 0.2) is 0 Å². The number of rotatable bonds is 3. The van der Waals surface area contributed by atoms with Gasteiger partial charge in [-0.05, 0) is 64.3 Å². The van der Waals surface area contributed by atoms with Crippen molar-refractivity contribution in [2.75, 3.05) is 5.32 Å². The zero-order chi connectivity index (χ0) is 14.7. The van der Waals surface area contributed by atoms with Crippen LogP contribution in [0.15, 0.2) is 34.8 Å². The Morgan fingerprint density at radius 2 is 1.95 bits per heavy atom. The summed E-state index contributed by atoms with van der Waals surface area (Å²) in [6.07, 6.45) is 0. The predicted molar refractivity (Wildman–Crippen MR) is 77.3 cm³/mol. The lowest BCUT2D eigenvalue weighted by Crippen LogP contribution is -2.02. The van der Waals surface area contributed by atoms with E-state index in [0.717, 1.165) is 11.3 Å². The van der Waals surface area contributed by atoms with Gasteiger partial charge in [-0.1, -0.05) is 0 Å². The Balaban J connectivity index is 2.19. The number of nitrogens with one attached hydrogen (secondary N) is 1. The molecule has 0 atom stereocenters. The molecule has 0 radical (unpaired) electrons. The highest BCUT2D eigenvalue weighted by atomic mass is 79.9. The Hall–Kier alpha value is -1.93. The van der Waals surface area contributed by atoms with Crippen LogP contribution in [0, 0.1) is 29.9 Å². The molecule has 102 valence electrons. The van der Waals surface area contributed by atoms with E-state index in [0.29, 0.717) is 16.6 Å². The molecule has 2 aromatic rings. The second-order valence-electron chi connectivity index (χ2n) is 4.39. The molecule has 0 aromatic heterocycles. The van der Waals surface area contributed by atoms with Crippen LogP contribution in [0.5, 0.6) is 0 Å². The standard InChI is InChI=1S/C15H11BrF2N2/c1-9-2-14(18)13(16)6-15(9)20-8-11-3-10(7-19)4-12(17)5-11/h2-6,20H,8H2,1H3. The second kappa shape index (κ2) is 6.02. The molecule has 0 aliphatic rings. The summed E-state index contributed by atoms with van der Waals surface area (Å²) >= 11 is 3.12. The highest BCUT2D eigenvalue weighted by Crippen LogP contribution is 2.24. The molecular weight excluding hydrogens is 326 g/mol. The van der Waals surface area contributed by atoms with Crippen LogP contribution in [0.4, 0.5) is 14.5 Å². The molecule has 0 unspecified atom stereocenters. The number of hydrogen-bond acceptors (Lipinski definition) is 2. The molecule has 1 N–H and O–H groups in total.